The van der Waals surface area contributed by atoms with E-state index in [4.69, 9.17) is 4.74 Å². The normalized spacial score (nSPS) is 12.0. The van der Waals surface area contributed by atoms with Crippen LogP contribution in [0.25, 0.3) is 10.2 Å². The highest BCUT2D eigenvalue weighted by Crippen LogP contribution is 2.24. The van der Waals surface area contributed by atoms with E-state index in [1.807, 2.05) is 32.0 Å². The van der Waals surface area contributed by atoms with Gasteiger partial charge < -0.3 is 9.30 Å². The molecule has 0 aliphatic carbocycles. The first-order valence-electron chi connectivity index (χ1n) is 8.55. The van der Waals surface area contributed by atoms with Crippen LogP contribution < -0.4 is 4.80 Å². The zero-order chi connectivity index (χ0) is 20.4. The minimum atomic E-state index is -1.05. The number of esters is 1. The first kappa shape index (κ1) is 19.9. The molecular formula is C20H18F2N2O3S. The summed E-state index contributed by atoms with van der Waals surface area (Å²) in [4.78, 5) is 28.3. The maximum absolute atomic E-state index is 13.9. The number of hydrogen-bond donors (Lipinski definition) is 0. The van der Waals surface area contributed by atoms with E-state index < -0.39 is 29.1 Å². The summed E-state index contributed by atoms with van der Waals surface area (Å²) in [6.45, 7) is 3.92. The topological polar surface area (TPSA) is 60.7 Å². The number of halogens is 2. The lowest BCUT2D eigenvalue weighted by molar-refractivity contribution is -0.141. The standard InChI is InChI=1S/C20H18F2N2O3S/c1-11(2)12-7-8-15-16(9-12)28-20(24(15)10-17(25)27-3)23-19(26)18-13(21)5-4-6-14(18)22/h4-9,11H,10H2,1-3H3. The van der Waals surface area contributed by atoms with Crippen molar-refractivity contribution in [3.8, 4) is 0 Å². The number of aromatic nitrogens is 1. The Morgan fingerprint density at radius 3 is 2.46 bits per heavy atom. The van der Waals surface area contributed by atoms with Crippen molar-refractivity contribution >= 4 is 33.4 Å². The molecule has 0 unspecified atom stereocenters. The number of carbonyl (C=O) groups is 2. The van der Waals surface area contributed by atoms with Gasteiger partial charge in [-0.15, -0.1) is 0 Å². The number of methoxy groups -OCH3 is 1. The molecule has 146 valence electrons. The summed E-state index contributed by atoms with van der Waals surface area (Å²) in [5, 5.41) is 0. The lowest BCUT2D eigenvalue weighted by Gasteiger charge is -2.06. The van der Waals surface area contributed by atoms with E-state index in [2.05, 4.69) is 4.99 Å². The minimum Gasteiger partial charge on any atom is -0.468 e. The van der Waals surface area contributed by atoms with E-state index in [0.29, 0.717) is 5.52 Å². The Kier molecular flexibility index (Phi) is 5.69. The molecule has 2 aromatic carbocycles. The molecule has 0 aliphatic heterocycles. The van der Waals surface area contributed by atoms with Crippen LogP contribution in [0.5, 0.6) is 0 Å². The molecular weight excluding hydrogens is 386 g/mol. The van der Waals surface area contributed by atoms with Gasteiger partial charge in [0.15, 0.2) is 4.80 Å². The third-order valence-corrected chi connectivity index (χ3v) is 5.30. The molecule has 0 saturated carbocycles. The van der Waals surface area contributed by atoms with Crippen molar-refractivity contribution < 1.29 is 23.1 Å². The van der Waals surface area contributed by atoms with Crippen molar-refractivity contribution in [1.82, 2.24) is 4.57 Å². The number of ether oxygens (including phenoxy) is 1. The number of carbonyl (C=O) groups excluding carboxylic acids is 2. The van der Waals surface area contributed by atoms with Crippen molar-refractivity contribution in [2.24, 2.45) is 4.99 Å². The lowest BCUT2D eigenvalue weighted by Crippen LogP contribution is -2.22. The van der Waals surface area contributed by atoms with Crippen LogP contribution >= 0.6 is 11.3 Å². The minimum absolute atomic E-state index is 0.161. The smallest absolute Gasteiger partial charge is 0.325 e. The molecule has 3 rings (SSSR count). The summed E-state index contributed by atoms with van der Waals surface area (Å²) in [7, 11) is 1.25. The van der Waals surface area contributed by atoms with E-state index in [1.54, 1.807) is 0 Å². The summed E-state index contributed by atoms with van der Waals surface area (Å²) in [5.74, 6) is -3.27. The van der Waals surface area contributed by atoms with Crippen molar-refractivity contribution in [3.63, 3.8) is 0 Å². The second kappa shape index (κ2) is 8.02. The zero-order valence-corrected chi connectivity index (χ0v) is 16.3. The molecule has 0 radical (unpaired) electrons. The van der Waals surface area contributed by atoms with E-state index in [-0.39, 0.29) is 17.3 Å². The molecule has 8 heteroatoms. The zero-order valence-electron chi connectivity index (χ0n) is 15.5. The summed E-state index contributed by atoms with van der Waals surface area (Å²) < 4.78 is 34.9. The van der Waals surface area contributed by atoms with Crippen LogP contribution in [0.1, 0.15) is 35.7 Å². The Labute approximate surface area is 163 Å². The Balaban J connectivity index is 2.20. The molecule has 0 N–H and O–H groups in total. The molecule has 5 nitrogen and oxygen atoms in total. The fourth-order valence-electron chi connectivity index (χ4n) is 2.73. The number of amides is 1. The van der Waals surface area contributed by atoms with Crippen molar-refractivity contribution in [2.75, 3.05) is 7.11 Å². The van der Waals surface area contributed by atoms with Gasteiger partial charge >= 0.3 is 5.97 Å². The van der Waals surface area contributed by atoms with Crippen LogP contribution in [0.4, 0.5) is 8.78 Å². The van der Waals surface area contributed by atoms with E-state index in [9.17, 15) is 18.4 Å². The summed E-state index contributed by atoms with van der Waals surface area (Å²) in [6.07, 6.45) is 0. The molecule has 0 fully saturated rings. The van der Waals surface area contributed by atoms with Gasteiger partial charge in [-0.05, 0) is 35.7 Å². The fourth-order valence-corrected chi connectivity index (χ4v) is 3.80. The second-order valence-electron chi connectivity index (χ2n) is 6.44. The molecule has 3 aromatic rings. The van der Waals surface area contributed by atoms with Crippen LogP contribution in [0.3, 0.4) is 0 Å². The van der Waals surface area contributed by atoms with Crippen LogP contribution in [0.2, 0.25) is 0 Å². The molecule has 28 heavy (non-hydrogen) atoms. The molecule has 0 bridgehead atoms. The van der Waals surface area contributed by atoms with Crippen LogP contribution in [-0.4, -0.2) is 23.6 Å². The van der Waals surface area contributed by atoms with Gasteiger partial charge in [0.2, 0.25) is 0 Å². The first-order chi connectivity index (χ1) is 13.3. The summed E-state index contributed by atoms with van der Waals surface area (Å²) >= 11 is 1.17. The third kappa shape index (κ3) is 3.87. The molecule has 0 saturated heterocycles. The molecule has 1 amide bonds. The number of hydrogen-bond acceptors (Lipinski definition) is 4. The number of nitrogens with zero attached hydrogens (tertiary/aromatic N) is 2. The maximum Gasteiger partial charge on any atom is 0.325 e. The maximum atomic E-state index is 13.9. The van der Waals surface area contributed by atoms with Crippen molar-refractivity contribution in [3.05, 3.63) is 64.0 Å². The summed E-state index contributed by atoms with van der Waals surface area (Å²) in [5.41, 5.74) is 1.03. The molecule has 0 spiro atoms. The summed E-state index contributed by atoms with van der Waals surface area (Å²) in [6, 6.07) is 8.87. The SMILES string of the molecule is COC(=O)Cn1c(=NC(=O)c2c(F)cccc2F)sc2cc(C(C)C)ccc21. The quantitative estimate of drug-likeness (QED) is 0.617. The first-order valence-corrected chi connectivity index (χ1v) is 9.36. The fraction of sp³-hybridized carbons (Fsp3) is 0.250. The van der Waals surface area contributed by atoms with E-state index >= 15 is 0 Å². The van der Waals surface area contributed by atoms with Gasteiger partial charge in [0.05, 0.1) is 17.3 Å². The Morgan fingerprint density at radius 2 is 1.86 bits per heavy atom. The average molecular weight is 404 g/mol. The second-order valence-corrected chi connectivity index (χ2v) is 7.45. The number of fused-ring (bicyclic) bond motifs is 1. The number of benzene rings is 2. The Bertz CT molecular complexity index is 1110. The van der Waals surface area contributed by atoms with Crippen LogP contribution in [0.15, 0.2) is 41.4 Å². The molecule has 1 heterocycles. The van der Waals surface area contributed by atoms with Crippen molar-refractivity contribution in [2.45, 2.75) is 26.3 Å². The van der Waals surface area contributed by atoms with Gasteiger partial charge in [0, 0.05) is 0 Å². The van der Waals surface area contributed by atoms with Gasteiger partial charge in [-0.3, -0.25) is 9.59 Å². The monoisotopic (exact) mass is 404 g/mol. The average Bonchev–Trinajstić information content (AvgIpc) is 2.97. The van der Waals surface area contributed by atoms with Gasteiger partial charge in [-0.25, -0.2) is 8.78 Å². The van der Waals surface area contributed by atoms with Crippen LogP contribution in [0, 0.1) is 11.6 Å². The Hall–Kier alpha value is -2.87. The lowest BCUT2D eigenvalue weighted by atomic mass is 10.0. The molecule has 0 atom stereocenters. The van der Waals surface area contributed by atoms with Gasteiger partial charge in [0.25, 0.3) is 5.91 Å². The number of rotatable bonds is 4. The largest absolute Gasteiger partial charge is 0.468 e. The molecule has 0 aliphatic rings. The van der Waals surface area contributed by atoms with Gasteiger partial charge in [-0.1, -0.05) is 37.3 Å². The Morgan fingerprint density at radius 1 is 1.18 bits per heavy atom. The highest BCUT2D eigenvalue weighted by Gasteiger charge is 2.18. The van der Waals surface area contributed by atoms with E-state index in [1.165, 1.54) is 29.1 Å². The predicted molar refractivity (Wildman–Crippen MR) is 102 cm³/mol. The van der Waals surface area contributed by atoms with Gasteiger partial charge in [0.1, 0.15) is 23.7 Å². The van der Waals surface area contributed by atoms with E-state index in [0.717, 1.165) is 22.4 Å². The highest BCUT2D eigenvalue weighted by molar-refractivity contribution is 7.16. The van der Waals surface area contributed by atoms with Crippen molar-refractivity contribution in [1.29, 1.82) is 0 Å². The third-order valence-electron chi connectivity index (χ3n) is 4.26. The van der Waals surface area contributed by atoms with Crippen LogP contribution in [-0.2, 0) is 16.1 Å². The molecule has 1 aromatic heterocycles. The predicted octanol–water partition coefficient (Wildman–Crippen LogP) is 4.02. The number of thiazole rings is 1. The highest BCUT2D eigenvalue weighted by atomic mass is 32.1. The van der Waals surface area contributed by atoms with Gasteiger partial charge in [-0.2, -0.15) is 4.99 Å².